The molecular weight excluding hydrogens is 538 g/mol. The number of anilines is 2. The number of hydrogen-bond acceptors (Lipinski definition) is 10. The van der Waals surface area contributed by atoms with Crippen molar-refractivity contribution in [1.29, 1.82) is 0 Å². The van der Waals surface area contributed by atoms with Crippen LogP contribution in [0.4, 0.5) is 20.5 Å². The minimum atomic E-state index is -0.905. The van der Waals surface area contributed by atoms with Crippen LogP contribution in [0.3, 0.4) is 0 Å². The Morgan fingerprint density at radius 1 is 1.15 bits per heavy atom. The van der Waals surface area contributed by atoms with Crippen LogP contribution in [0.1, 0.15) is 13.3 Å². The molecule has 5 rings (SSSR count). The summed E-state index contributed by atoms with van der Waals surface area (Å²) in [7, 11) is 4.21. The van der Waals surface area contributed by atoms with Crippen molar-refractivity contribution in [2.45, 2.75) is 31.0 Å². The molecule has 4 heterocycles. The lowest BCUT2D eigenvalue weighted by atomic mass is 9.96. The smallest absolute Gasteiger partial charge is 0.243 e. The SMILES string of the molecule is C=CC(=O)N[C@H]1CCOC[C@H]1Nc1ncc2cc(-c3c(F)c(OC)cc(OC)c3F)nc(N3CC(C)(OC)C3)c2n1. The Kier molecular flexibility index (Phi) is 7.91. The highest BCUT2D eigenvalue weighted by Crippen LogP contribution is 2.40. The number of benzene rings is 1. The molecule has 0 spiro atoms. The van der Waals surface area contributed by atoms with E-state index in [9.17, 15) is 4.79 Å². The fourth-order valence-electron chi connectivity index (χ4n) is 5.05. The molecule has 1 aromatic carbocycles. The number of carbonyl (C=O) groups excluding carboxylic acids is 1. The molecule has 0 bridgehead atoms. The number of amides is 1. The number of halogens is 2. The number of aromatic nitrogens is 3. The van der Waals surface area contributed by atoms with Crippen LogP contribution in [0, 0.1) is 11.6 Å². The first-order chi connectivity index (χ1) is 19.7. The van der Waals surface area contributed by atoms with Gasteiger partial charge >= 0.3 is 0 Å². The Balaban J connectivity index is 1.58. The van der Waals surface area contributed by atoms with Crippen LogP contribution in [0.15, 0.2) is 31.0 Å². The zero-order chi connectivity index (χ0) is 29.3. The molecule has 0 unspecified atom stereocenters. The first kappa shape index (κ1) is 28.4. The average Bonchev–Trinajstić information content (AvgIpc) is 2.96. The van der Waals surface area contributed by atoms with Crippen molar-refractivity contribution in [2.24, 2.45) is 0 Å². The molecule has 1 amide bonds. The van der Waals surface area contributed by atoms with E-state index in [4.69, 9.17) is 23.9 Å². The lowest BCUT2D eigenvalue weighted by Gasteiger charge is -2.47. The minimum Gasteiger partial charge on any atom is -0.494 e. The molecule has 0 saturated carbocycles. The molecule has 2 aliphatic heterocycles. The van der Waals surface area contributed by atoms with E-state index in [0.29, 0.717) is 49.4 Å². The highest BCUT2D eigenvalue weighted by Gasteiger charge is 2.41. The van der Waals surface area contributed by atoms with Crippen molar-refractivity contribution in [2.75, 3.05) is 57.8 Å². The van der Waals surface area contributed by atoms with E-state index in [1.54, 1.807) is 13.3 Å². The van der Waals surface area contributed by atoms with Crippen molar-refractivity contribution in [3.63, 3.8) is 0 Å². The summed E-state index contributed by atoms with van der Waals surface area (Å²) in [4.78, 5) is 27.7. The topological polar surface area (TPSA) is 120 Å². The maximum Gasteiger partial charge on any atom is 0.243 e. The van der Waals surface area contributed by atoms with Gasteiger partial charge < -0.3 is 34.5 Å². The highest BCUT2D eigenvalue weighted by molar-refractivity contribution is 5.93. The van der Waals surface area contributed by atoms with Gasteiger partial charge in [-0.1, -0.05) is 6.58 Å². The predicted molar refractivity (Wildman–Crippen MR) is 148 cm³/mol. The zero-order valence-corrected chi connectivity index (χ0v) is 23.3. The van der Waals surface area contributed by atoms with E-state index in [1.165, 1.54) is 26.4 Å². The summed E-state index contributed by atoms with van der Waals surface area (Å²) in [6.45, 7) is 7.29. The highest BCUT2D eigenvalue weighted by atomic mass is 19.1. The van der Waals surface area contributed by atoms with Crippen LogP contribution in [0.5, 0.6) is 11.5 Å². The van der Waals surface area contributed by atoms with Crippen molar-refractivity contribution in [3.8, 4) is 22.8 Å². The quantitative estimate of drug-likeness (QED) is 0.372. The van der Waals surface area contributed by atoms with Gasteiger partial charge in [-0.25, -0.2) is 23.7 Å². The number of ether oxygens (including phenoxy) is 4. The molecular formula is C28H32F2N6O5. The molecule has 11 nitrogen and oxygen atoms in total. The van der Waals surface area contributed by atoms with Crippen molar-refractivity contribution < 1.29 is 32.5 Å². The second-order valence-electron chi connectivity index (χ2n) is 10.2. The van der Waals surface area contributed by atoms with E-state index in [-0.39, 0.29) is 46.7 Å². The number of hydrogen-bond donors (Lipinski definition) is 2. The van der Waals surface area contributed by atoms with Gasteiger partial charge in [-0.05, 0) is 25.5 Å². The summed E-state index contributed by atoms with van der Waals surface area (Å²) in [5, 5.41) is 6.68. The van der Waals surface area contributed by atoms with Crippen LogP contribution in [0.25, 0.3) is 22.2 Å². The maximum atomic E-state index is 15.4. The molecule has 13 heteroatoms. The molecule has 0 radical (unpaired) electrons. The fraction of sp³-hybridized carbons (Fsp3) is 0.429. The van der Waals surface area contributed by atoms with Gasteiger partial charge in [0, 0.05) is 31.4 Å². The van der Waals surface area contributed by atoms with E-state index >= 15 is 8.78 Å². The summed E-state index contributed by atoms with van der Waals surface area (Å²) >= 11 is 0. The summed E-state index contributed by atoms with van der Waals surface area (Å²) in [5.41, 5.74) is -0.294. The standard InChI is InChI=1S/C28H32F2N6O5/c1-6-21(37)32-16-7-8-41-12-18(16)34-27-31-11-15-9-17(22-23(29)19(38-3)10-20(39-4)24(22)30)33-26(25(15)35-27)36-13-28(2,14-36)40-5/h6,9-11,16,18H,1,7-8,12-14H2,2-5H3,(H,32,37)(H,31,34,35)/t16-,18+/m0/s1. The molecule has 0 aliphatic carbocycles. The van der Waals surface area contributed by atoms with Gasteiger partial charge in [0.25, 0.3) is 0 Å². The molecule has 2 aliphatic rings. The first-order valence-corrected chi connectivity index (χ1v) is 13.1. The number of nitrogens with one attached hydrogen (secondary N) is 2. The minimum absolute atomic E-state index is 0.0305. The van der Waals surface area contributed by atoms with Gasteiger partial charge in [0.2, 0.25) is 11.9 Å². The number of nitrogens with zero attached hydrogens (tertiary/aromatic N) is 4. The van der Waals surface area contributed by atoms with Gasteiger partial charge in [-0.2, -0.15) is 0 Å². The molecule has 2 saturated heterocycles. The molecule has 218 valence electrons. The van der Waals surface area contributed by atoms with Crippen LogP contribution in [-0.2, 0) is 14.3 Å². The Bertz CT molecular complexity index is 1450. The van der Waals surface area contributed by atoms with Crippen LogP contribution in [-0.4, -0.2) is 86.2 Å². The van der Waals surface area contributed by atoms with Gasteiger partial charge in [-0.15, -0.1) is 0 Å². The van der Waals surface area contributed by atoms with Gasteiger partial charge in [0.05, 0.1) is 62.9 Å². The Morgan fingerprint density at radius 3 is 2.49 bits per heavy atom. The maximum absolute atomic E-state index is 15.4. The molecule has 2 aromatic heterocycles. The number of fused-ring (bicyclic) bond motifs is 1. The first-order valence-electron chi connectivity index (χ1n) is 13.1. The second-order valence-corrected chi connectivity index (χ2v) is 10.2. The molecule has 2 fully saturated rings. The van der Waals surface area contributed by atoms with Crippen LogP contribution >= 0.6 is 0 Å². The fourth-order valence-corrected chi connectivity index (χ4v) is 5.05. The summed E-state index contributed by atoms with van der Waals surface area (Å²) in [6, 6.07) is 2.15. The van der Waals surface area contributed by atoms with Gasteiger partial charge in [0.15, 0.2) is 29.0 Å². The molecule has 41 heavy (non-hydrogen) atoms. The lowest BCUT2D eigenvalue weighted by Crippen LogP contribution is -2.61. The summed E-state index contributed by atoms with van der Waals surface area (Å²) < 4.78 is 52.3. The van der Waals surface area contributed by atoms with E-state index < -0.39 is 17.2 Å². The number of rotatable bonds is 9. The number of pyridine rings is 1. The third-order valence-corrected chi connectivity index (χ3v) is 7.40. The third kappa shape index (κ3) is 5.46. The van der Waals surface area contributed by atoms with Gasteiger partial charge in [0.1, 0.15) is 5.52 Å². The third-order valence-electron chi connectivity index (χ3n) is 7.40. The Labute approximate surface area is 235 Å². The second kappa shape index (κ2) is 11.4. The largest absolute Gasteiger partial charge is 0.494 e. The van der Waals surface area contributed by atoms with E-state index in [2.05, 4.69) is 27.2 Å². The van der Waals surface area contributed by atoms with Crippen LogP contribution in [0.2, 0.25) is 0 Å². The molecule has 3 aromatic rings. The average molecular weight is 571 g/mol. The lowest BCUT2D eigenvalue weighted by molar-refractivity contribution is -0.117. The number of carbonyl (C=O) groups is 1. The van der Waals surface area contributed by atoms with E-state index in [1.807, 2.05) is 11.8 Å². The summed E-state index contributed by atoms with van der Waals surface area (Å²) in [5.74, 6) is -1.75. The van der Waals surface area contributed by atoms with Gasteiger partial charge in [-0.3, -0.25) is 4.79 Å². The normalized spacial score (nSPS) is 19.8. The monoisotopic (exact) mass is 570 g/mol. The number of methoxy groups -OCH3 is 3. The summed E-state index contributed by atoms with van der Waals surface area (Å²) in [6.07, 6.45) is 3.38. The zero-order valence-electron chi connectivity index (χ0n) is 23.3. The predicted octanol–water partition coefficient (Wildman–Crippen LogP) is 3.08. The van der Waals surface area contributed by atoms with Crippen molar-refractivity contribution in [3.05, 3.63) is 42.6 Å². The van der Waals surface area contributed by atoms with E-state index in [0.717, 1.165) is 6.07 Å². The van der Waals surface area contributed by atoms with Crippen LogP contribution < -0.4 is 25.0 Å². The Morgan fingerprint density at radius 2 is 1.85 bits per heavy atom. The molecule has 2 N–H and O–H groups in total. The Hall–Kier alpha value is -4.10. The van der Waals surface area contributed by atoms with Crippen molar-refractivity contribution in [1.82, 2.24) is 20.3 Å². The van der Waals surface area contributed by atoms with Crippen molar-refractivity contribution >= 4 is 28.6 Å². The molecule has 2 atom stereocenters.